The van der Waals surface area contributed by atoms with Crippen molar-refractivity contribution in [1.82, 2.24) is 14.8 Å². The molecule has 0 aliphatic carbocycles. The Morgan fingerprint density at radius 1 is 1.18 bits per heavy atom. The van der Waals surface area contributed by atoms with E-state index in [1.807, 2.05) is 25.1 Å². The number of aromatic nitrogens is 1. The van der Waals surface area contributed by atoms with Gasteiger partial charge in [0.25, 0.3) is 0 Å². The quantitative estimate of drug-likeness (QED) is 0.911. The maximum Gasteiger partial charge on any atom is 0.194 e. The van der Waals surface area contributed by atoms with Crippen LogP contribution in [-0.4, -0.2) is 47.5 Å². The molecule has 0 bridgehead atoms. The van der Waals surface area contributed by atoms with Gasteiger partial charge in [-0.3, -0.25) is 9.69 Å². The number of H-pyrrole nitrogens is 1. The van der Waals surface area contributed by atoms with E-state index in [4.69, 9.17) is 0 Å². The highest BCUT2D eigenvalue weighted by Crippen LogP contribution is 2.18. The van der Waals surface area contributed by atoms with Crippen molar-refractivity contribution in [3.8, 4) is 0 Å². The summed E-state index contributed by atoms with van der Waals surface area (Å²) in [5.74, 6) is 0. The van der Waals surface area contributed by atoms with Gasteiger partial charge >= 0.3 is 0 Å². The first-order chi connectivity index (χ1) is 10.6. The van der Waals surface area contributed by atoms with Crippen molar-refractivity contribution < 1.29 is 0 Å². The van der Waals surface area contributed by atoms with Crippen LogP contribution in [0.4, 0.5) is 0 Å². The van der Waals surface area contributed by atoms with Crippen LogP contribution in [0.15, 0.2) is 27.5 Å². The molecule has 3 rings (SSSR count). The van der Waals surface area contributed by atoms with E-state index in [-0.39, 0.29) is 5.43 Å². The molecular weight excluding hydrogens is 342 g/mol. The Kier molecular flexibility index (Phi) is 4.66. The van der Waals surface area contributed by atoms with Crippen molar-refractivity contribution in [2.75, 3.05) is 32.7 Å². The maximum absolute atomic E-state index is 12.8. The average Bonchev–Trinajstić information content (AvgIpc) is 2.53. The highest BCUT2D eigenvalue weighted by molar-refractivity contribution is 9.10. The zero-order valence-electron chi connectivity index (χ0n) is 13.2. The second-order valence-electron chi connectivity index (χ2n) is 5.96. The number of pyridine rings is 1. The normalized spacial score (nSPS) is 17.2. The van der Waals surface area contributed by atoms with Gasteiger partial charge in [-0.15, -0.1) is 0 Å². The number of nitrogens with one attached hydrogen (secondary N) is 1. The first kappa shape index (κ1) is 15.7. The molecule has 0 saturated carbocycles. The zero-order valence-corrected chi connectivity index (χ0v) is 14.7. The summed E-state index contributed by atoms with van der Waals surface area (Å²) in [5, 5.41) is 0.766. The van der Waals surface area contributed by atoms with Crippen molar-refractivity contribution in [2.24, 2.45) is 0 Å². The van der Waals surface area contributed by atoms with Crippen LogP contribution in [-0.2, 0) is 6.54 Å². The number of rotatable bonds is 3. The van der Waals surface area contributed by atoms with Gasteiger partial charge in [0, 0.05) is 59.4 Å². The van der Waals surface area contributed by atoms with Crippen molar-refractivity contribution >= 4 is 26.8 Å². The van der Waals surface area contributed by atoms with Gasteiger partial charge in [0.15, 0.2) is 5.43 Å². The summed E-state index contributed by atoms with van der Waals surface area (Å²) in [4.78, 5) is 21.0. The van der Waals surface area contributed by atoms with E-state index in [0.29, 0.717) is 0 Å². The average molecular weight is 364 g/mol. The van der Waals surface area contributed by atoms with E-state index in [9.17, 15) is 4.79 Å². The number of fused-ring (bicyclic) bond motifs is 1. The molecule has 0 spiro atoms. The maximum atomic E-state index is 12.8. The summed E-state index contributed by atoms with van der Waals surface area (Å²) in [6.45, 7) is 10.3. The number of piperazine rings is 1. The first-order valence-corrected chi connectivity index (χ1v) is 8.63. The lowest BCUT2D eigenvalue weighted by Crippen LogP contribution is -2.46. The second-order valence-corrected chi connectivity index (χ2v) is 6.87. The Bertz CT molecular complexity index is 732. The summed E-state index contributed by atoms with van der Waals surface area (Å²) in [6.07, 6.45) is 0. The molecule has 1 fully saturated rings. The van der Waals surface area contributed by atoms with E-state index in [1.165, 1.54) is 0 Å². The highest BCUT2D eigenvalue weighted by Gasteiger charge is 2.18. The molecule has 1 saturated heterocycles. The summed E-state index contributed by atoms with van der Waals surface area (Å²) in [6, 6.07) is 5.82. The fraction of sp³-hybridized carbons (Fsp3) is 0.471. The molecule has 1 aliphatic heterocycles. The van der Waals surface area contributed by atoms with Crippen LogP contribution >= 0.6 is 15.9 Å². The number of hydrogen-bond acceptors (Lipinski definition) is 3. The van der Waals surface area contributed by atoms with Crippen LogP contribution in [0.2, 0.25) is 0 Å². The van der Waals surface area contributed by atoms with Gasteiger partial charge in [0.05, 0.1) is 0 Å². The molecule has 5 heteroatoms. The van der Waals surface area contributed by atoms with E-state index >= 15 is 0 Å². The highest BCUT2D eigenvalue weighted by atomic mass is 79.9. The van der Waals surface area contributed by atoms with Gasteiger partial charge in [0.2, 0.25) is 0 Å². The molecule has 0 unspecified atom stereocenters. The van der Waals surface area contributed by atoms with Crippen LogP contribution in [0.3, 0.4) is 0 Å². The van der Waals surface area contributed by atoms with E-state index in [2.05, 4.69) is 37.6 Å². The molecule has 22 heavy (non-hydrogen) atoms. The molecular formula is C17H22BrN3O. The number of likely N-dealkylation sites (N-methyl/N-ethyl adjacent to an activating group) is 1. The molecule has 1 aromatic heterocycles. The fourth-order valence-corrected chi connectivity index (χ4v) is 3.46. The Morgan fingerprint density at radius 2 is 1.86 bits per heavy atom. The van der Waals surface area contributed by atoms with Crippen LogP contribution in [0.25, 0.3) is 10.9 Å². The van der Waals surface area contributed by atoms with Gasteiger partial charge in [0.1, 0.15) is 0 Å². The predicted octanol–water partition coefficient (Wildman–Crippen LogP) is 2.74. The third kappa shape index (κ3) is 3.12. The molecule has 4 nitrogen and oxygen atoms in total. The number of nitrogens with zero attached hydrogens (tertiary/aromatic N) is 2. The van der Waals surface area contributed by atoms with Crippen LogP contribution in [0, 0.1) is 6.92 Å². The first-order valence-electron chi connectivity index (χ1n) is 7.84. The Balaban J connectivity index is 1.89. The summed E-state index contributed by atoms with van der Waals surface area (Å²) in [7, 11) is 0. The molecule has 1 aromatic carbocycles. The number of aryl methyl sites for hydroxylation is 1. The van der Waals surface area contributed by atoms with E-state index in [1.54, 1.807) is 0 Å². The summed E-state index contributed by atoms with van der Waals surface area (Å²) < 4.78 is 0.942. The van der Waals surface area contributed by atoms with Gasteiger partial charge in [-0.1, -0.05) is 22.9 Å². The molecule has 1 N–H and O–H groups in total. The minimum Gasteiger partial charge on any atom is -0.358 e. The minimum atomic E-state index is 0.158. The fourth-order valence-electron chi connectivity index (χ4n) is 3.10. The van der Waals surface area contributed by atoms with Crippen molar-refractivity contribution in [3.63, 3.8) is 0 Å². The van der Waals surface area contributed by atoms with Crippen LogP contribution in [0.5, 0.6) is 0 Å². The summed E-state index contributed by atoms with van der Waals surface area (Å²) >= 11 is 3.45. The van der Waals surface area contributed by atoms with E-state index < -0.39 is 0 Å². The van der Waals surface area contributed by atoms with Crippen LogP contribution in [0.1, 0.15) is 18.2 Å². The van der Waals surface area contributed by atoms with Gasteiger partial charge in [-0.05, 0) is 31.7 Å². The number of hydrogen-bond donors (Lipinski definition) is 1. The largest absolute Gasteiger partial charge is 0.358 e. The number of halogens is 1. The number of aromatic amines is 1. The molecule has 0 atom stereocenters. The molecule has 0 amide bonds. The molecule has 1 aliphatic rings. The SMILES string of the molecule is CCN1CCN(Cc2c(C)[nH]c3ccc(Br)cc3c2=O)CC1. The van der Waals surface area contributed by atoms with E-state index in [0.717, 1.165) is 65.9 Å². The third-order valence-corrected chi connectivity index (χ3v) is 5.06. The standard InChI is InChI=1S/C17H22BrN3O/c1-3-20-6-8-21(9-7-20)11-15-12(2)19-16-5-4-13(18)10-14(16)17(15)22/h4-5,10H,3,6-9,11H2,1-2H3,(H,19,22). The van der Waals surface area contributed by atoms with Crippen molar-refractivity contribution in [2.45, 2.75) is 20.4 Å². The van der Waals surface area contributed by atoms with Crippen molar-refractivity contribution in [1.29, 1.82) is 0 Å². The number of benzene rings is 1. The lowest BCUT2D eigenvalue weighted by Gasteiger charge is -2.34. The Morgan fingerprint density at radius 3 is 2.55 bits per heavy atom. The van der Waals surface area contributed by atoms with Crippen LogP contribution < -0.4 is 5.43 Å². The summed E-state index contributed by atoms with van der Waals surface area (Å²) in [5.41, 5.74) is 2.95. The van der Waals surface area contributed by atoms with Crippen molar-refractivity contribution in [3.05, 3.63) is 44.2 Å². The molecule has 2 heterocycles. The Labute approximate surface area is 139 Å². The monoisotopic (exact) mass is 363 g/mol. The third-order valence-electron chi connectivity index (χ3n) is 4.57. The molecule has 2 aromatic rings. The molecule has 0 radical (unpaired) electrons. The predicted molar refractivity (Wildman–Crippen MR) is 94.4 cm³/mol. The zero-order chi connectivity index (χ0) is 15.7. The lowest BCUT2D eigenvalue weighted by molar-refractivity contribution is 0.131. The van der Waals surface area contributed by atoms with Gasteiger partial charge in [-0.2, -0.15) is 0 Å². The molecule has 118 valence electrons. The van der Waals surface area contributed by atoms with Gasteiger partial charge in [-0.25, -0.2) is 0 Å². The lowest BCUT2D eigenvalue weighted by atomic mass is 10.1. The Hall–Kier alpha value is -1.17. The van der Waals surface area contributed by atoms with Gasteiger partial charge < -0.3 is 9.88 Å². The smallest absolute Gasteiger partial charge is 0.194 e. The topological polar surface area (TPSA) is 39.3 Å². The minimum absolute atomic E-state index is 0.158. The second kappa shape index (κ2) is 6.52.